The lowest BCUT2D eigenvalue weighted by Gasteiger charge is -2.54. The van der Waals surface area contributed by atoms with E-state index in [0.29, 0.717) is 23.6 Å². The number of rotatable bonds is 4. The van der Waals surface area contributed by atoms with Gasteiger partial charge in [0.05, 0.1) is 16.7 Å². The molecule has 1 aromatic carbocycles. The van der Waals surface area contributed by atoms with Crippen LogP contribution in [0.1, 0.15) is 57.1 Å². The van der Waals surface area contributed by atoms with E-state index in [9.17, 15) is 18.0 Å². The van der Waals surface area contributed by atoms with Crippen LogP contribution >= 0.6 is 0 Å². The van der Waals surface area contributed by atoms with Gasteiger partial charge in [-0.1, -0.05) is 24.3 Å². The van der Waals surface area contributed by atoms with Gasteiger partial charge in [0.2, 0.25) is 5.91 Å². The smallest absolute Gasteiger partial charge is 0.352 e. The average Bonchev–Trinajstić information content (AvgIpc) is 2.75. The van der Waals surface area contributed by atoms with Gasteiger partial charge in [-0.2, -0.15) is 13.2 Å². The standard InChI is InChI=1S/C26H29F3N2O/c1-25(2,24(32)31-23-18-10-15-9-16(12-18)13-19(23)11-15)20-5-3-17(4-6-20)22-8-7-21(14-30-22)26(27,28)29/h3-8,14-16,18-19,23H,9-13H2,1-2H3,(H,31,32). The van der Waals surface area contributed by atoms with Crippen LogP contribution in [0.2, 0.25) is 0 Å². The van der Waals surface area contributed by atoms with E-state index >= 15 is 0 Å². The monoisotopic (exact) mass is 442 g/mol. The molecule has 0 aliphatic heterocycles. The van der Waals surface area contributed by atoms with Crippen LogP contribution in [-0.2, 0) is 16.4 Å². The van der Waals surface area contributed by atoms with Gasteiger partial charge in [-0.25, -0.2) is 0 Å². The van der Waals surface area contributed by atoms with Gasteiger partial charge in [-0.05, 0) is 87.3 Å². The van der Waals surface area contributed by atoms with E-state index in [1.165, 1.54) is 38.2 Å². The number of halogens is 3. The molecule has 4 saturated carbocycles. The minimum absolute atomic E-state index is 0.0513. The second-order valence-corrected chi connectivity index (χ2v) is 10.6. The predicted octanol–water partition coefficient (Wildman–Crippen LogP) is 5.99. The summed E-state index contributed by atoms with van der Waals surface area (Å²) in [7, 11) is 0. The van der Waals surface area contributed by atoms with Gasteiger partial charge >= 0.3 is 6.18 Å². The van der Waals surface area contributed by atoms with Gasteiger partial charge in [-0.15, -0.1) is 0 Å². The SMILES string of the molecule is CC(C)(C(=O)NC1C2CC3CC(C2)CC1C3)c1ccc(-c2ccc(C(F)(F)F)cn2)cc1. The number of nitrogens with one attached hydrogen (secondary N) is 1. The summed E-state index contributed by atoms with van der Waals surface area (Å²) in [4.78, 5) is 17.3. The first-order valence-corrected chi connectivity index (χ1v) is 11.6. The molecular weight excluding hydrogens is 413 g/mol. The van der Waals surface area contributed by atoms with Crippen LogP contribution in [0.25, 0.3) is 11.3 Å². The Kier molecular flexibility index (Phi) is 5.10. The van der Waals surface area contributed by atoms with Gasteiger partial charge in [-0.3, -0.25) is 9.78 Å². The van der Waals surface area contributed by atoms with Crippen molar-refractivity contribution in [2.45, 2.75) is 63.6 Å². The third-order valence-electron chi connectivity index (χ3n) is 8.09. The van der Waals surface area contributed by atoms with Crippen molar-refractivity contribution >= 4 is 5.91 Å². The van der Waals surface area contributed by atoms with E-state index in [2.05, 4.69) is 10.3 Å². The lowest BCUT2D eigenvalue weighted by atomic mass is 9.54. The number of pyridine rings is 1. The van der Waals surface area contributed by atoms with Crippen molar-refractivity contribution in [2.24, 2.45) is 23.7 Å². The summed E-state index contributed by atoms with van der Waals surface area (Å²) in [5.41, 5.74) is 0.621. The van der Waals surface area contributed by atoms with Crippen molar-refractivity contribution in [2.75, 3.05) is 0 Å². The summed E-state index contributed by atoms with van der Waals surface area (Å²) in [6.45, 7) is 3.87. The Balaban J connectivity index is 1.29. The molecule has 0 atom stereocenters. The molecule has 32 heavy (non-hydrogen) atoms. The maximum Gasteiger partial charge on any atom is 0.417 e. The quantitative estimate of drug-likeness (QED) is 0.632. The summed E-state index contributed by atoms with van der Waals surface area (Å²) >= 11 is 0. The van der Waals surface area contributed by atoms with Gasteiger partial charge in [0, 0.05) is 17.8 Å². The molecule has 3 nitrogen and oxygen atoms in total. The number of nitrogens with zero attached hydrogens (tertiary/aromatic N) is 1. The van der Waals surface area contributed by atoms with E-state index in [4.69, 9.17) is 0 Å². The average molecular weight is 443 g/mol. The molecule has 6 heteroatoms. The van der Waals surface area contributed by atoms with Gasteiger partial charge < -0.3 is 5.32 Å². The predicted molar refractivity (Wildman–Crippen MR) is 117 cm³/mol. The first kappa shape index (κ1) is 21.5. The van der Waals surface area contributed by atoms with Crippen LogP contribution in [0.4, 0.5) is 13.2 Å². The zero-order valence-electron chi connectivity index (χ0n) is 18.5. The molecule has 1 aromatic heterocycles. The number of hydrogen-bond acceptors (Lipinski definition) is 2. The number of carbonyl (C=O) groups excluding carboxylic acids is 1. The summed E-state index contributed by atoms with van der Waals surface area (Å²) in [5, 5.41) is 3.41. The Bertz CT molecular complexity index is 967. The number of hydrogen-bond donors (Lipinski definition) is 1. The number of alkyl halides is 3. The fourth-order valence-corrected chi connectivity index (χ4v) is 6.41. The van der Waals surface area contributed by atoms with Gasteiger partial charge in [0.25, 0.3) is 0 Å². The molecule has 2 aromatic rings. The molecule has 1 heterocycles. The molecule has 0 radical (unpaired) electrons. The fraction of sp³-hybridized carbons (Fsp3) is 0.538. The van der Waals surface area contributed by atoms with E-state index < -0.39 is 17.2 Å². The highest BCUT2D eigenvalue weighted by Crippen LogP contribution is 2.53. The van der Waals surface area contributed by atoms with Crippen LogP contribution < -0.4 is 5.32 Å². The molecule has 0 unspecified atom stereocenters. The summed E-state index contributed by atoms with van der Waals surface area (Å²) in [6.07, 6.45) is 2.87. The Morgan fingerprint density at radius 2 is 1.44 bits per heavy atom. The zero-order chi connectivity index (χ0) is 22.7. The first-order valence-electron chi connectivity index (χ1n) is 11.6. The van der Waals surface area contributed by atoms with E-state index in [1.54, 1.807) is 0 Å². The molecule has 1 N–H and O–H groups in total. The largest absolute Gasteiger partial charge is 0.417 e. The molecular formula is C26H29F3N2O. The molecule has 0 spiro atoms. The van der Waals surface area contributed by atoms with Crippen LogP contribution in [0, 0.1) is 23.7 Å². The molecule has 6 rings (SSSR count). The fourth-order valence-electron chi connectivity index (χ4n) is 6.41. The third-order valence-corrected chi connectivity index (χ3v) is 8.09. The third kappa shape index (κ3) is 3.82. The van der Waals surface area contributed by atoms with Crippen LogP contribution in [-0.4, -0.2) is 16.9 Å². The summed E-state index contributed by atoms with van der Waals surface area (Å²) < 4.78 is 38.3. The Morgan fingerprint density at radius 3 is 1.94 bits per heavy atom. The number of aromatic nitrogens is 1. The number of carbonyl (C=O) groups is 1. The topological polar surface area (TPSA) is 42.0 Å². The highest BCUT2D eigenvalue weighted by atomic mass is 19.4. The van der Waals surface area contributed by atoms with E-state index in [-0.39, 0.29) is 5.91 Å². The van der Waals surface area contributed by atoms with Crippen molar-refractivity contribution in [3.05, 3.63) is 53.7 Å². The lowest BCUT2D eigenvalue weighted by Crippen LogP contribution is -2.58. The van der Waals surface area contributed by atoms with Crippen LogP contribution in [0.5, 0.6) is 0 Å². The maximum atomic E-state index is 13.3. The van der Waals surface area contributed by atoms with Crippen molar-refractivity contribution < 1.29 is 18.0 Å². The van der Waals surface area contributed by atoms with Crippen LogP contribution in [0.3, 0.4) is 0 Å². The van der Waals surface area contributed by atoms with Gasteiger partial charge in [0.1, 0.15) is 0 Å². The van der Waals surface area contributed by atoms with Crippen molar-refractivity contribution in [3.8, 4) is 11.3 Å². The van der Waals surface area contributed by atoms with Crippen molar-refractivity contribution in [1.82, 2.24) is 10.3 Å². The second kappa shape index (κ2) is 7.60. The Labute approximate surface area is 186 Å². The van der Waals surface area contributed by atoms with Crippen molar-refractivity contribution in [1.29, 1.82) is 0 Å². The highest BCUT2D eigenvalue weighted by molar-refractivity contribution is 5.87. The summed E-state index contributed by atoms with van der Waals surface area (Å²) in [6, 6.07) is 10.1. The van der Waals surface area contributed by atoms with E-state index in [1.807, 2.05) is 38.1 Å². The number of amides is 1. The maximum absolute atomic E-state index is 13.3. The van der Waals surface area contributed by atoms with Crippen LogP contribution in [0.15, 0.2) is 42.6 Å². The Morgan fingerprint density at radius 1 is 0.875 bits per heavy atom. The lowest BCUT2D eigenvalue weighted by molar-refractivity contribution is -0.137. The first-order chi connectivity index (χ1) is 15.1. The van der Waals surface area contributed by atoms with E-state index in [0.717, 1.165) is 35.2 Å². The normalized spacial score (nSPS) is 29.2. The summed E-state index contributed by atoms with van der Waals surface area (Å²) in [5.74, 6) is 3.03. The molecule has 4 fully saturated rings. The molecule has 170 valence electrons. The highest BCUT2D eigenvalue weighted by Gasteiger charge is 2.49. The second-order valence-electron chi connectivity index (χ2n) is 10.6. The van der Waals surface area contributed by atoms with Crippen molar-refractivity contribution in [3.63, 3.8) is 0 Å². The molecule has 4 aliphatic rings. The minimum atomic E-state index is -4.40. The number of benzene rings is 1. The zero-order valence-corrected chi connectivity index (χ0v) is 18.5. The molecule has 0 saturated heterocycles. The molecule has 4 bridgehead atoms. The molecule has 4 aliphatic carbocycles. The van der Waals surface area contributed by atoms with Gasteiger partial charge in [0.15, 0.2) is 0 Å². The molecule has 1 amide bonds. The Hall–Kier alpha value is -2.37. The minimum Gasteiger partial charge on any atom is -0.352 e.